The topological polar surface area (TPSA) is 45.7 Å². The van der Waals surface area contributed by atoms with Gasteiger partial charge in [-0.05, 0) is 6.42 Å². The number of guanidine groups is 1. The summed E-state index contributed by atoms with van der Waals surface area (Å²) in [6.45, 7) is 8.11. The van der Waals surface area contributed by atoms with Gasteiger partial charge in [0.2, 0.25) is 0 Å². The minimum absolute atomic E-state index is 0.291. The van der Waals surface area contributed by atoms with Gasteiger partial charge in [-0.3, -0.25) is 4.99 Å². The molecule has 1 rings (SSSR count). The average molecular weight is 241 g/mol. The van der Waals surface area contributed by atoms with E-state index < -0.39 is 0 Å². The summed E-state index contributed by atoms with van der Waals surface area (Å²) in [4.78, 5) is 4.22. The fraction of sp³-hybridized carbons (Fsp3) is 0.923. The van der Waals surface area contributed by atoms with Crippen LogP contribution in [0.3, 0.4) is 0 Å². The van der Waals surface area contributed by atoms with Gasteiger partial charge in [0.05, 0.1) is 13.2 Å². The van der Waals surface area contributed by atoms with Crippen LogP contribution in [0.25, 0.3) is 0 Å². The molecular formula is C13H27N3O. The predicted octanol–water partition coefficient (Wildman–Crippen LogP) is 1.77. The van der Waals surface area contributed by atoms with Crippen LogP contribution in [0.1, 0.15) is 39.5 Å². The molecule has 0 saturated carbocycles. The number of unbranched alkanes of at least 4 members (excludes halogenated alkanes) is 3. The first-order chi connectivity index (χ1) is 8.20. The molecule has 0 aromatic heterocycles. The van der Waals surface area contributed by atoms with Gasteiger partial charge in [-0.1, -0.05) is 33.1 Å². The zero-order chi connectivity index (χ0) is 12.6. The molecule has 0 spiro atoms. The molecule has 4 nitrogen and oxygen atoms in total. The van der Waals surface area contributed by atoms with Crippen LogP contribution in [-0.2, 0) is 4.74 Å². The van der Waals surface area contributed by atoms with Gasteiger partial charge in [-0.25, -0.2) is 0 Å². The second kappa shape index (κ2) is 7.54. The van der Waals surface area contributed by atoms with Crippen molar-refractivity contribution in [2.45, 2.75) is 39.5 Å². The van der Waals surface area contributed by atoms with Crippen molar-refractivity contribution in [1.82, 2.24) is 10.6 Å². The first-order valence-electron chi connectivity index (χ1n) is 6.72. The number of aliphatic imine (C=N–C) groups is 1. The van der Waals surface area contributed by atoms with Gasteiger partial charge in [-0.15, -0.1) is 0 Å². The van der Waals surface area contributed by atoms with E-state index in [2.05, 4.69) is 29.5 Å². The van der Waals surface area contributed by atoms with Crippen LogP contribution in [0.5, 0.6) is 0 Å². The second-order valence-corrected chi connectivity index (χ2v) is 5.22. The lowest BCUT2D eigenvalue weighted by Crippen LogP contribution is -2.51. The normalized spacial score (nSPS) is 18.6. The smallest absolute Gasteiger partial charge is 0.190 e. The van der Waals surface area contributed by atoms with E-state index >= 15 is 0 Å². The van der Waals surface area contributed by atoms with Crippen molar-refractivity contribution < 1.29 is 4.74 Å². The molecule has 0 bridgehead atoms. The molecule has 1 aliphatic rings. The highest BCUT2D eigenvalue weighted by Crippen LogP contribution is 2.24. The van der Waals surface area contributed by atoms with E-state index in [0.717, 1.165) is 32.3 Å². The van der Waals surface area contributed by atoms with E-state index in [0.29, 0.717) is 5.41 Å². The molecule has 17 heavy (non-hydrogen) atoms. The van der Waals surface area contributed by atoms with Crippen LogP contribution in [0, 0.1) is 5.41 Å². The molecule has 0 radical (unpaired) electrons. The third-order valence-electron chi connectivity index (χ3n) is 3.13. The third kappa shape index (κ3) is 5.39. The molecule has 0 atom stereocenters. The Hall–Kier alpha value is -0.770. The maximum Gasteiger partial charge on any atom is 0.190 e. The number of rotatable bonds is 7. The van der Waals surface area contributed by atoms with E-state index in [-0.39, 0.29) is 0 Å². The molecule has 0 aromatic rings. The number of nitrogens with zero attached hydrogens (tertiary/aromatic N) is 1. The highest BCUT2D eigenvalue weighted by Gasteiger charge is 2.33. The molecule has 0 aliphatic carbocycles. The summed E-state index contributed by atoms with van der Waals surface area (Å²) < 4.78 is 5.23. The average Bonchev–Trinajstić information content (AvgIpc) is 2.30. The summed E-state index contributed by atoms with van der Waals surface area (Å²) in [6, 6.07) is 0. The van der Waals surface area contributed by atoms with E-state index in [4.69, 9.17) is 4.74 Å². The van der Waals surface area contributed by atoms with E-state index in [1.165, 1.54) is 25.7 Å². The Morgan fingerprint density at radius 1 is 1.24 bits per heavy atom. The Kier molecular flexibility index (Phi) is 6.34. The Morgan fingerprint density at radius 2 is 2.00 bits per heavy atom. The van der Waals surface area contributed by atoms with Crippen molar-refractivity contribution in [2.24, 2.45) is 10.4 Å². The van der Waals surface area contributed by atoms with Gasteiger partial charge in [0, 0.05) is 25.6 Å². The fourth-order valence-corrected chi connectivity index (χ4v) is 1.83. The largest absolute Gasteiger partial charge is 0.380 e. The summed E-state index contributed by atoms with van der Waals surface area (Å²) in [5.74, 6) is 0.912. The Bertz CT molecular complexity index is 237. The minimum atomic E-state index is 0.291. The third-order valence-corrected chi connectivity index (χ3v) is 3.13. The molecule has 1 fully saturated rings. The standard InChI is InChI=1S/C13H27N3O/c1-4-5-6-7-8-15-12(14-3)16-9-13(2)10-17-11-13/h4-11H2,1-3H3,(H2,14,15,16). The zero-order valence-corrected chi connectivity index (χ0v) is 11.5. The van der Waals surface area contributed by atoms with Crippen molar-refractivity contribution in [1.29, 1.82) is 0 Å². The minimum Gasteiger partial charge on any atom is -0.380 e. The van der Waals surface area contributed by atoms with Crippen LogP contribution >= 0.6 is 0 Å². The maximum atomic E-state index is 5.23. The molecule has 100 valence electrons. The summed E-state index contributed by atoms with van der Waals surface area (Å²) in [7, 11) is 1.82. The van der Waals surface area contributed by atoms with Gasteiger partial charge in [0.15, 0.2) is 5.96 Å². The first-order valence-corrected chi connectivity index (χ1v) is 6.72. The quantitative estimate of drug-likeness (QED) is 0.406. The van der Waals surface area contributed by atoms with Gasteiger partial charge in [0.1, 0.15) is 0 Å². The summed E-state index contributed by atoms with van der Waals surface area (Å²) >= 11 is 0. The van der Waals surface area contributed by atoms with Crippen LogP contribution in [0.15, 0.2) is 4.99 Å². The van der Waals surface area contributed by atoms with Crippen molar-refractivity contribution in [3.8, 4) is 0 Å². The maximum absolute atomic E-state index is 5.23. The van der Waals surface area contributed by atoms with Gasteiger partial charge >= 0.3 is 0 Å². The lowest BCUT2D eigenvalue weighted by atomic mass is 9.89. The number of nitrogens with one attached hydrogen (secondary N) is 2. The zero-order valence-electron chi connectivity index (χ0n) is 11.5. The number of hydrogen-bond acceptors (Lipinski definition) is 2. The van der Waals surface area contributed by atoms with Crippen LogP contribution in [0.4, 0.5) is 0 Å². The van der Waals surface area contributed by atoms with Gasteiger partial charge in [-0.2, -0.15) is 0 Å². The van der Waals surface area contributed by atoms with E-state index in [1.54, 1.807) is 0 Å². The van der Waals surface area contributed by atoms with Crippen LogP contribution in [-0.4, -0.2) is 39.3 Å². The fourth-order valence-electron chi connectivity index (χ4n) is 1.83. The SMILES string of the molecule is CCCCCCNC(=NC)NCC1(C)COC1. The van der Waals surface area contributed by atoms with Gasteiger partial charge < -0.3 is 15.4 Å². The number of ether oxygens (including phenoxy) is 1. The van der Waals surface area contributed by atoms with Crippen LogP contribution < -0.4 is 10.6 Å². The Labute approximate surface area is 105 Å². The summed E-state index contributed by atoms with van der Waals surface area (Å²) in [5.41, 5.74) is 0.291. The highest BCUT2D eigenvalue weighted by atomic mass is 16.5. The lowest BCUT2D eigenvalue weighted by molar-refractivity contribution is -0.0971. The monoisotopic (exact) mass is 241 g/mol. The van der Waals surface area contributed by atoms with Crippen molar-refractivity contribution in [3.63, 3.8) is 0 Å². The van der Waals surface area contributed by atoms with E-state index in [9.17, 15) is 0 Å². The molecular weight excluding hydrogens is 214 g/mol. The van der Waals surface area contributed by atoms with E-state index in [1.807, 2.05) is 7.05 Å². The molecule has 1 aliphatic heterocycles. The number of hydrogen-bond donors (Lipinski definition) is 2. The van der Waals surface area contributed by atoms with Crippen molar-refractivity contribution >= 4 is 5.96 Å². The lowest BCUT2D eigenvalue weighted by Gasteiger charge is -2.38. The second-order valence-electron chi connectivity index (χ2n) is 5.22. The highest BCUT2D eigenvalue weighted by molar-refractivity contribution is 5.79. The molecule has 4 heteroatoms. The molecule has 0 amide bonds. The van der Waals surface area contributed by atoms with Crippen molar-refractivity contribution in [3.05, 3.63) is 0 Å². The van der Waals surface area contributed by atoms with Gasteiger partial charge in [0.25, 0.3) is 0 Å². The predicted molar refractivity (Wildman–Crippen MR) is 72.4 cm³/mol. The molecule has 1 heterocycles. The first kappa shape index (κ1) is 14.3. The molecule has 0 aromatic carbocycles. The van der Waals surface area contributed by atoms with Crippen molar-refractivity contribution in [2.75, 3.05) is 33.4 Å². The molecule has 0 unspecified atom stereocenters. The Morgan fingerprint density at radius 3 is 2.53 bits per heavy atom. The summed E-state index contributed by atoms with van der Waals surface area (Å²) in [6.07, 6.45) is 5.12. The molecule has 2 N–H and O–H groups in total. The Balaban J connectivity index is 2.07. The molecule has 1 saturated heterocycles. The summed E-state index contributed by atoms with van der Waals surface area (Å²) in [5, 5.41) is 6.71. The van der Waals surface area contributed by atoms with Crippen LogP contribution in [0.2, 0.25) is 0 Å².